The summed E-state index contributed by atoms with van der Waals surface area (Å²) in [5.41, 5.74) is -0.793. The van der Waals surface area contributed by atoms with Gasteiger partial charge in [-0.25, -0.2) is 0 Å². The van der Waals surface area contributed by atoms with Crippen molar-refractivity contribution in [3.63, 3.8) is 0 Å². The van der Waals surface area contributed by atoms with Crippen molar-refractivity contribution in [3.05, 3.63) is 42.0 Å². The number of aliphatic hydroxyl groups is 2. The molecule has 8 heteroatoms. The Morgan fingerprint density at radius 3 is 2.92 bits per heavy atom. The fourth-order valence-electron chi connectivity index (χ4n) is 3.54. The van der Waals surface area contributed by atoms with Crippen molar-refractivity contribution in [2.45, 2.75) is 37.1 Å². The minimum atomic E-state index is -4.44. The van der Waals surface area contributed by atoms with E-state index >= 15 is 0 Å². The molecule has 2 aliphatic rings. The molecule has 0 aromatic heterocycles. The molecule has 0 radical (unpaired) electrons. The Labute approximate surface area is 149 Å². The number of alkyl halides is 3. The van der Waals surface area contributed by atoms with Gasteiger partial charge < -0.3 is 19.7 Å². The number of benzene rings is 1. The van der Waals surface area contributed by atoms with Crippen molar-refractivity contribution in [3.8, 4) is 5.75 Å². The smallest absolute Gasteiger partial charge is 0.416 e. The van der Waals surface area contributed by atoms with Crippen molar-refractivity contribution in [2.75, 3.05) is 20.2 Å². The van der Waals surface area contributed by atoms with E-state index in [2.05, 4.69) is 4.90 Å². The van der Waals surface area contributed by atoms with Crippen LogP contribution in [0.25, 0.3) is 0 Å². The summed E-state index contributed by atoms with van der Waals surface area (Å²) in [5.74, 6) is 0.209. The molecule has 0 bridgehead atoms. The molecule has 144 valence electrons. The number of hydrogen-bond acceptors (Lipinski definition) is 5. The number of hydrogen-bond donors (Lipinski definition) is 2. The van der Waals surface area contributed by atoms with E-state index in [0.29, 0.717) is 13.0 Å². The van der Waals surface area contributed by atoms with Gasteiger partial charge in [-0.05, 0) is 25.2 Å². The standard InChI is InChI=1S/C18H22F3NO4/c1-22-9-16-14(8-17(24)26-16)15(22)6-5-12(23)10-25-13-4-2-3-11(7-13)18(19,20)21/h2-7,12,14-17,23-24H,8-10H2,1H3/b6-5+. The van der Waals surface area contributed by atoms with Crippen molar-refractivity contribution < 1.29 is 32.9 Å². The number of fused-ring (bicyclic) bond motifs is 1. The number of likely N-dealkylation sites (N-methyl/N-ethyl adjacent to an activating group) is 1. The molecular formula is C18H22F3NO4. The molecule has 0 saturated carbocycles. The van der Waals surface area contributed by atoms with Crippen molar-refractivity contribution >= 4 is 0 Å². The maximum atomic E-state index is 12.7. The fourth-order valence-corrected chi connectivity index (χ4v) is 3.54. The molecule has 5 atom stereocenters. The molecule has 1 aromatic rings. The first-order valence-electron chi connectivity index (χ1n) is 8.44. The zero-order valence-electron chi connectivity index (χ0n) is 14.3. The maximum absolute atomic E-state index is 12.7. The predicted molar refractivity (Wildman–Crippen MR) is 87.5 cm³/mol. The van der Waals surface area contributed by atoms with Crippen LogP contribution in [-0.4, -0.2) is 59.9 Å². The van der Waals surface area contributed by atoms with Gasteiger partial charge in [-0.15, -0.1) is 0 Å². The molecule has 5 unspecified atom stereocenters. The van der Waals surface area contributed by atoms with Crippen LogP contribution < -0.4 is 4.74 Å². The highest BCUT2D eigenvalue weighted by atomic mass is 19.4. The molecule has 1 aromatic carbocycles. The largest absolute Gasteiger partial charge is 0.491 e. The van der Waals surface area contributed by atoms with Crippen LogP contribution in [0.4, 0.5) is 13.2 Å². The molecule has 0 aliphatic carbocycles. The number of nitrogens with zero attached hydrogens (tertiary/aromatic N) is 1. The SMILES string of the molecule is CN1CC2OC(O)CC2C1/C=C/C(O)COc1cccc(C(F)(F)F)c1. The highest BCUT2D eigenvalue weighted by Gasteiger charge is 2.45. The van der Waals surface area contributed by atoms with Gasteiger partial charge in [0.05, 0.1) is 11.7 Å². The molecule has 5 nitrogen and oxygen atoms in total. The van der Waals surface area contributed by atoms with Crippen LogP contribution in [0.3, 0.4) is 0 Å². The summed E-state index contributed by atoms with van der Waals surface area (Å²) in [7, 11) is 1.94. The molecular weight excluding hydrogens is 351 g/mol. The topological polar surface area (TPSA) is 62.2 Å². The lowest BCUT2D eigenvalue weighted by molar-refractivity contribution is -0.137. The van der Waals surface area contributed by atoms with E-state index in [1.165, 1.54) is 12.1 Å². The van der Waals surface area contributed by atoms with Crippen LogP contribution in [0.1, 0.15) is 12.0 Å². The Balaban J connectivity index is 1.54. The molecule has 0 amide bonds. The lowest BCUT2D eigenvalue weighted by Gasteiger charge is -2.20. The second-order valence-corrected chi connectivity index (χ2v) is 6.75. The average molecular weight is 373 g/mol. The second kappa shape index (κ2) is 7.56. The first-order valence-corrected chi connectivity index (χ1v) is 8.44. The van der Waals surface area contributed by atoms with Gasteiger partial charge in [0.25, 0.3) is 0 Å². The summed E-state index contributed by atoms with van der Waals surface area (Å²) in [4.78, 5) is 2.08. The van der Waals surface area contributed by atoms with Crippen molar-refractivity contribution in [1.82, 2.24) is 4.90 Å². The Bertz CT molecular complexity index is 652. The lowest BCUT2D eigenvalue weighted by atomic mass is 9.96. The predicted octanol–water partition coefficient (Wildman–Crippen LogP) is 2.04. The number of likely N-dealkylation sites (tertiary alicyclic amines) is 1. The third-order valence-corrected chi connectivity index (χ3v) is 4.81. The average Bonchev–Trinajstić information content (AvgIpc) is 3.05. The van der Waals surface area contributed by atoms with Crippen LogP contribution in [0.2, 0.25) is 0 Å². The maximum Gasteiger partial charge on any atom is 0.416 e. The number of aliphatic hydroxyl groups excluding tert-OH is 2. The van der Waals surface area contributed by atoms with Gasteiger partial charge in [0.2, 0.25) is 0 Å². The minimum absolute atomic E-state index is 0.0249. The normalized spacial score (nSPS) is 30.7. The Kier molecular flexibility index (Phi) is 5.57. The lowest BCUT2D eigenvalue weighted by Crippen LogP contribution is -2.29. The van der Waals surface area contributed by atoms with Gasteiger partial charge in [0, 0.05) is 24.9 Å². The Morgan fingerprint density at radius 2 is 2.19 bits per heavy atom. The van der Waals surface area contributed by atoms with Crippen molar-refractivity contribution in [1.29, 1.82) is 0 Å². The van der Waals surface area contributed by atoms with Gasteiger partial charge in [0.1, 0.15) is 18.5 Å². The zero-order chi connectivity index (χ0) is 18.9. The first-order chi connectivity index (χ1) is 12.2. The van der Waals surface area contributed by atoms with Gasteiger partial charge in [0.15, 0.2) is 6.29 Å². The summed E-state index contributed by atoms with van der Waals surface area (Å²) in [6, 6.07) is 4.58. The Morgan fingerprint density at radius 1 is 1.42 bits per heavy atom. The van der Waals surface area contributed by atoms with Gasteiger partial charge in [-0.2, -0.15) is 13.2 Å². The molecule has 2 heterocycles. The third kappa shape index (κ3) is 4.37. The van der Waals surface area contributed by atoms with Crippen molar-refractivity contribution in [2.24, 2.45) is 5.92 Å². The van der Waals surface area contributed by atoms with Crippen LogP contribution in [0, 0.1) is 5.92 Å². The summed E-state index contributed by atoms with van der Waals surface area (Å²) in [5, 5.41) is 19.6. The van der Waals surface area contributed by atoms with E-state index in [1.54, 1.807) is 6.08 Å². The van der Waals surface area contributed by atoms with Gasteiger partial charge in [-0.3, -0.25) is 4.90 Å². The van der Waals surface area contributed by atoms with E-state index in [-0.39, 0.29) is 30.4 Å². The molecule has 2 saturated heterocycles. The van der Waals surface area contributed by atoms with Crippen LogP contribution in [0.5, 0.6) is 5.75 Å². The number of ether oxygens (including phenoxy) is 2. The summed E-state index contributed by atoms with van der Waals surface area (Å²) < 4.78 is 48.8. The molecule has 3 rings (SSSR count). The molecule has 2 N–H and O–H groups in total. The monoisotopic (exact) mass is 373 g/mol. The molecule has 2 aliphatic heterocycles. The number of rotatable bonds is 5. The van der Waals surface area contributed by atoms with E-state index in [4.69, 9.17) is 9.47 Å². The van der Waals surface area contributed by atoms with Gasteiger partial charge in [-0.1, -0.05) is 18.2 Å². The summed E-state index contributed by atoms with van der Waals surface area (Å²) in [6.45, 7) is 0.551. The third-order valence-electron chi connectivity index (χ3n) is 4.81. The summed E-state index contributed by atoms with van der Waals surface area (Å²) >= 11 is 0. The first kappa shape index (κ1) is 19.2. The molecule has 0 spiro atoms. The van der Waals surface area contributed by atoms with Crippen LogP contribution in [-0.2, 0) is 10.9 Å². The van der Waals surface area contributed by atoms with Gasteiger partial charge >= 0.3 is 6.18 Å². The van der Waals surface area contributed by atoms with E-state index in [1.807, 2.05) is 13.1 Å². The number of halogens is 3. The quantitative estimate of drug-likeness (QED) is 0.774. The highest BCUT2D eigenvalue weighted by Crippen LogP contribution is 2.36. The van der Waals surface area contributed by atoms with Crippen LogP contribution in [0.15, 0.2) is 36.4 Å². The second-order valence-electron chi connectivity index (χ2n) is 6.75. The zero-order valence-corrected chi connectivity index (χ0v) is 14.3. The van der Waals surface area contributed by atoms with E-state index in [0.717, 1.165) is 12.1 Å². The highest BCUT2D eigenvalue weighted by molar-refractivity contribution is 5.30. The van der Waals surface area contributed by atoms with E-state index in [9.17, 15) is 23.4 Å². The summed E-state index contributed by atoms with van der Waals surface area (Å²) in [6.07, 6.45) is -2.21. The minimum Gasteiger partial charge on any atom is -0.491 e. The van der Waals surface area contributed by atoms with E-state index < -0.39 is 24.1 Å². The van der Waals surface area contributed by atoms with Crippen LogP contribution >= 0.6 is 0 Å². The molecule has 2 fully saturated rings. The molecule has 26 heavy (non-hydrogen) atoms. The Hall–Kier alpha value is -1.61. The fraction of sp³-hybridized carbons (Fsp3) is 0.556.